The molecule has 0 N–H and O–H groups in total. The first-order chi connectivity index (χ1) is 12.5. The molecule has 3 rings (SSSR count). The topological polar surface area (TPSA) is 86.3 Å². The van der Waals surface area contributed by atoms with Crippen LogP contribution in [0.25, 0.3) is 5.57 Å². The van der Waals surface area contributed by atoms with Crippen LogP contribution in [0.5, 0.6) is 0 Å². The second kappa shape index (κ2) is 7.70. The zero-order valence-electron chi connectivity index (χ0n) is 14.3. The van der Waals surface area contributed by atoms with Crippen LogP contribution < -0.4 is 0 Å². The van der Waals surface area contributed by atoms with Gasteiger partial charge < -0.3 is 0 Å². The largest absolute Gasteiger partial charge is 0.289 e. The molecule has 7 heteroatoms. The number of nitro groups is 2. The summed E-state index contributed by atoms with van der Waals surface area (Å²) in [6.07, 6.45) is 5.13. The lowest BCUT2D eigenvalue weighted by Gasteiger charge is -2.24. The maximum absolute atomic E-state index is 11.4. The Hall–Kier alpha value is -2.67. The molecule has 26 heavy (non-hydrogen) atoms. The molecular weight excluding hydrogens is 352 g/mol. The maximum atomic E-state index is 11.4. The van der Waals surface area contributed by atoms with Crippen molar-refractivity contribution in [3.8, 4) is 0 Å². The van der Waals surface area contributed by atoms with Crippen LogP contribution in [0, 0.1) is 27.2 Å². The van der Waals surface area contributed by atoms with Gasteiger partial charge in [0, 0.05) is 11.3 Å². The predicted molar refractivity (Wildman–Crippen MR) is 102 cm³/mol. The van der Waals surface area contributed by atoms with Gasteiger partial charge in [-0.2, -0.15) is 0 Å². The summed E-state index contributed by atoms with van der Waals surface area (Å²) in [6, 6.07) is 12.1. The van der Waals surface area contributed by atoms with E-state index >= 15 is 0 Å². The van der Waals surface area contributed by atoms with Crippen LogP contribution >= 0.6 is 11.8 Å². The molecule has 1 aliphatic carbocycles. The first-order valence-corrected chi connectivity index (χ1v) is 9.20. The van der Waals surface area contributed by atoms with Gasteiger partial charge in [0.2, 0.25) is 0 Å². The van der Waals surface area contributed by atoms with Crippen molar-refractivity contribution in [2.75, 3.05) is 0 Å². The highest BCUT2D eigenvalue weighted by Crippen LogP contribution is 2.43. The van der Waals surface area contributed by atoms with Crippen molar-refractivity contribution in [3.05, 3.63) is 79.9 Å². The fourth-order valence-corrected chi connectivity index (χ4v) is 4.46. The second-order valence-electron chi connectivity index (χ2n) is 6.23. The van der Waals surface area contributed by atoms with Crippen LogP contribution in [0.1, 0.15) is 30.4 Å². The van der Waals surface area contributed by atoms with E-state index in [0.717, 1.165) is 30.9 Å². The van der Waals surface area contributed by atoms with E-state index in [1.807, 2.05) is 19.1 Å². The molecule has 2 aromatic carbocycles. The van der Waals surface area contributed by atoms with Crippen molar-refractivity contribution in [1.82, 2.24) is 0 Å². The van der Waals surface area contributed by atoms with Gasteiger partial charge in [-0.05, 0) is 43.4 Å². The Morgan fingerprint density at radius 3 is 2.58 bits per heavy atom. The van der Waals surface area contributed by atoms with Gasteiger partial charge in [-0.25, -0.2) is 0 Å². The van der Waals surface area contributed by atoms with Gasteiger partial charge in [0.05, 0.1) is 20.8 Å². The Morgan fingerprint density at radius 2 is 1.88 bits per heavy atom. The van der Waals surface area contributed by atoms with Crippen LogP contribution in [0.4, 0.5) is 11.4 Å². The Bertz CT molecular complexity index is 895. The summed E-state index contributed by atoms with van der Waals surface area (Å²) >= 11 is 1.42. The zero-order chi connectivity index (χ0) is 18.7. The van der Waals surface area contributed by atoms with E-state index in [1.54, 1.807) is 0 Å². The number of non-ortho nitro benzene ring substituents is 1. The fraction of sp³-hybridized carbons (Fsp3) is 0.263. The van der Waals surface area contributed by atoms with Crippen molar-refractivity contribution >= 4 is 28.7 Å². The third-order valence-corrected chi connectivity index (χ3v) is 5.73. The number of nitro benzene ring substituents is 2. The number of aryl methyl sites for hydroxylation is 1. The van der Waals surface area contributed by atoms with Gasteiger partial charge in [-0.15, -0.1) is 11.8 Å². The van der Waals surface area contributed by atoms with E-state index in [1.165, 1.54) is 35.0 Å². The summed E-state index contributed by atoms with van der Waals surface area (Å²) in [5.41, 5.74) is 3.00. The molecule has 1 aliphatic rings. The summed E-state index contributed by atoms with van der Waals surface area (Å²) in [5.74, 6) is 0. The molecule has 6 nitrogen and oxygen atoms in total. The maximum Gasteiger partial charge on any atom is 0.289 e. The third-order valence-electron chi connectivity index (χ3n) is 4.35. The number of rotatable bonds is 5. The molecule has 0 saturated carbocycles. The van der Waals surface area contributed by atoms with Gasteiger partial charge in [0.1, 0.15) is 0 Å². The molecule has 0 saturated heterocycles. The lowest BCUT2D eigenvalue weighted by atomic mass is 9.92. The van der Waals surface area contributed by atoms with Gasteiger partial charge in [-0.1, -0.05) is 35.9 Å². The summed E-state index contributed by atoms with van der Waals surface area (Å²) < 4.78 is 0. The van der Waals surface area contributed by atoms with E-state index < -0.39 is 9.85 Å². The van der Waals surface area contributed by atoms with Crippen LogP contribution in [0.3, 0.4) is 0 Å². The van der Waals surface area contributed by atoms with Crippen LogP contribution in [-0.2, 0) is 0 Å². The monoisotopic (exact) mass is 370 g/mol. The number of benzene rings is 2. The minimum atomic E-state index is -0.611. The summed E-state index contributed by atoms with van der Waals surface area (Å²) in [5, 5.41) is 22.4. The highest BCUT2D eigenvalue weighted by atomic mass is 32.2. The number of thioether (sulfide) groups is 1. The number of hydrogen-bond acceptors (Lipinski definition) is 5. The molecule has 0 amide bonds. The SMILES string of the molecule is Cc1cccc(C2=CCCCC2Sc2ccc([N+](=O)[O-])cc2[N+](=O)[O-])c1. The molecule has 0 spiro atoms. The number of hydrogen-bond donors (Lipinski definition) is 0. The Kier molecular flexibility index (Phi) is 5.37. The van der Waals surface area contributed by atoms with Crippen molar-refractivity contribution < 1.29 is 9.85 Å². The standard InChI is InChI=1S/C19H18N2O4S/c1-13-5-4-6-14(11-13)16-7-2-3-8-18(16)26-19-10-9-15(20(22)23)12-17(19)21(24)25/h4-7,9-12,18H,2-3,8H2,1H3. The molecule has 1 unspecified atom stereocenters. The van der Waals surface area contributed by atoms with E-state index in [0.29, 0.717) is 4.90 Å². The van der Waals surface area contributed by atoms with Crippen molar-refractivity contribution in [2.24, 2.45) is 0 Å². The highest BCUT2D eigenvalue weighted by molar-refractivity contribution is 8.00. The minimum Gasteiger partial charge on any atom is -0.258 e. The van der Waals surface area contributed by atoms with Gasteiger partial charge in [0.25, 0.3) is 11.4 Å². The van der Waals surface area contributed by atoms with Gasteiger partial charge >= 0.3 is 0 Å². The van der Waals surface area contributed by atoms with E-state index in [9.17, 15) is 20.2 Å². The zero-order valence-corrected chi connectivity index (χ0v) is 15.1. The van der Waals surface area contributed by atoms with E-state index in [2.05, 4.69) is 18.2 Å². The Morgan fingerprint density at radius 1 is 1.08 bits per heavy atom. The van der Waals surface area contributed by atoms with Crippen LogP contribution in [-0.4, -0.2) is 15.1 Å². The first kappa shape index (κ1) is 18.1. The summed E-state index contributed by atoms with van der Waals surface area (Å²) in [7, 11) is 0. The quantitative estimate of drug-likeness (QED) is 0.509. The lowest BCUT2D eigenvalue weighted by molar-refractivity contribution is -0.396. The molecule has 1 atom stereocenters. The molecule has 0 radical (unpaired) electrons. The molecule has 134 valence electrons. The highest BCUT2D eigenvalue weighted by Gasteiger charge is 2.26. The summed E-state index contributed by atoms with van der Waals surface area (Å²) in [6.45, 7) is 2.04. The van der Waals surface area contributed by atoms with Gasteiger partial charge in [-0.3, -0.25) is 20.2 Å². The normalized spacial score (nSPS) is 16.8. The predicted octanol–water partition coefficient (Wildman–Crippen LogP) is 5.54. The van der Waals surface area contributed by atoms with E-state index in [4.69, 9.17) is 0 Å². The minimum absolute atomic E-state index is 0.0886. The van der Waals surface area contributed by atoms with Crippen molar-refractivity contribution in [3.63, 3.8) is 0 Å². The first-order valence-electron chi connectivity index (χ1n) is 8.32. The van der Waals surface area contributed by atoms with Crippen molar-refractivity contribution in [1.29, 1.82) is 0 Å². The molecule has 0 fully saturated rings. The fourth-order valence-electron chi connectivity index (χ4n) is 3.11. The molecule has 2 aromatic rings. The average Bonchev–Trinajstić information content (AvgIpc) is 2.62. The average molecular weight is 370 g/mol. The third kappa shape index (κ3) is 3.94. The molecular formula is C19H18N2O4S. The Balaban J connectivity index is 1.94. The Labute approximate surface area is 155 Å². The van der Waals surface area contributed by atoms with Gasteiger partial charge in [0.15, 0.2) is 0 Å². The lowest BCUT2D eigenvalue weighted by Crippen LogP contribution is -2.10. The number of allylic oxidation sites excluding steroid dienone is 1. The van der Waals surface area contributed by atoms with Crippen LogP contribution in [0.2, 0.25) is 0 Å². The smallest absolute Gasteiger partial charge is 0.258 e. The summed E-state index contributed by atoms with van der Waals surface area (Å²) in [4.78, 5) is 21.6. The molecule has 0 heterocycles. The molecule has 0 aliphatic heterocycles. The van der Waals surface area contributed by atoms with E-state index in [-0.39, 0.29) is 16.6 Å². The molecule has 0 bridgehead atoms. The second-order valence-corrected chi connectivity index (χ2v) is 7.48. The number of nitrogens with zero attached hydrogens (tertiary/aromatic N) is 2. The van der Waals surface area contributed by atoms with Crippen molar-refractivity contribution in [2.45, 2.75) is 36.3 Å². The molecule has 0 aromatic heterocycles. The van der Waals surface area contributed by atoms with Crippen LogP contribution in [0.15, 0.2) is 53.4 Å².